The first-order valence-corrected chi connectivity index (χ1v) is 5.99. The molecular weight excluding hydrogens is 238 g/mol. The summed E-state index contributed by atoms with van der Waals surface area (Å²) in [5.74, 6) is -2.18. The first-order chi connectivity index (χ1) is 8.50. The maximum absolute atomic E-state index is 13.1. The van der Waals surface area contributed by atoms with E-state index in [1.54, 1.807) is 4.90 Å². The summed E-state index contributed by atoms with van der Waals surface area (Å²) < 4.78 is 26.0. The molecule has 2 atom stereocenters. The summed E-state index contributed by atoms with van der Waals surface area (Å²) in [6.45, 7) is 5.28. The Morgan fingerprint density at radius 2 is 1.83 bits per heavy atom. The van der Waals surface area contributed by atoms with Crippen molar-refractivity contribution in [1.82, 2.24) is 10.2 Å². The van der Waals surface area contributed by atoms with Gasteiger partial charge in [-0.25, -0.2) is 8.78 Å². The topological polar surface area (TPSA) is 32.3 Å². The molecule has 1 amide bonds. The van der Waals surface area contributed by atoms with Crippen molar-refractivity contribution in [3.8, 4) is 0 Å². The molecule has 18 heavy (non-hydrogen) atoms. The van der Waals surface area contributed by atoms with Gasteiger partial charge in [-0.2, -0.15) is 0 Å². The molecule has 0 bridgehead atoms. The second kappa shape index (κ2) is 5.02. The normalized spacial score (nSPS) is 24.1. The number of halogens is 2. The molecule has 1 N–H and O–H groups in total. The Kier molecular flexibility index (Phi) is 3.61. The van der Waals surface area contributed by atoms with E-state index in [-0.39, 0.29) is 23.6 Å². The Hall–Kier alpha value is -1.49. The predicted molar refractivity (Wildman–Crippen MR) is 64.3 cm³/mol. The zero-order chi connectivity index (χ0) is 13.3. The highest BCUT2D eigenvalue weighted by atomic mass is 19.2. The van der Waals surface area contributed by atoms with Gasteiger partial charge in [0.25, 0.3) is 5.91 Å². The van der Waals surface area contributed by atoms with Gasteiger partial charge in [-0.05, 0) is 32.0 Å². The van der Waals surface area contributed by atoms with Crippen LogP contribution in [0.5, 0.6) is 0 Å². The molecule has 1 aromatic rings. The van der Waals surface area contributed by atoms with Crippen molar-refractivity contribution in [3.63, 3.8) is 0 Å². The predicted octanol–water partition coefficient (Wildman–Crippen LogP) is 1.79. The maximum Gasteiger partial charge on any atom is 0.254 e. The van der Waals surface area contributed by atoms with Crippen molar-refractivity contribution in [1.29, 1.82) is 0 Å². The quantitative estimate of drug-likeness (QED) is 0.828. The fourth-order valence-electron chi connectivity index (χ4n) is 2.31. The number of benzene rings is 1. The Bertz CT molecular complexity index is 454. The molecule has 98 valence electrons. The van der Waals surface area contributed by atoms with Crippen LogP contribution in [0.4, 0.5) is 8.78 Å². The smallest absolute Gasteiger partial charge is 0.254 e. The third-order valence-electron chi connectivity index (χ3n) is 3.23. The Morgan fingerprint density at radius 1 is 1.22 bits per heavy atom. The van der Waals surface area contributed by atoms with Crippen molar-refractivity contribution < 1.29 is 13.6 Å². The summed E-state index contributed by atoms with van der Waals surface area (Å²) in [6, 6.07) is 3.34. The Morgan fingerprint density at radius 3 is 2.39 bits per heavy atom. The minimum Gasteiger partial charge on any atom is -0.331 e. The highest BCUT2D eigenvalue weighted by Crippen LogP contribution is 2.16. The van der Waals surface area contributed by atoms with Gasteiger partial charge >= 0.3 is 0 Å². The van der Waals surface area contributed by atoms with E-state index in [1.165, 1.54) is 6.07 Å². The minimum atomic E-state index is -0.990. The first-order valence-electron chi connectivity index (χ1n) is 5.99. The van der Waals surface area contributed by atoms with Gasteiger partial charge in [-0.15, -0.1) is 0 Å². The van der Waals surface area contributed by atoms with Crippen LogP contribution in [0.25, 0.3) is 0 Å². The highest BCUT2D eigenvalue weighted by Gasteiger charge is 2.29. The van der Waals surface area contributed by atoms with E-state index >= 15 is 0 Å². The van der Waals surface area contributed by atoms with Crippen LogP contribution in [0.3, 0.4) is 0 Å². The molecule has 0 spiro atoms. The third-order valence-corrected chi connectivity index (χ3v) is 3.23. The molecule has 0 radical (unpaired) electrons. The SMILES string of the molecule is CC1CNCC(C)N1C(=O)c1ccc(F)c(F)c1. The van der Waals surface area contributed by atoms with Gasteiger partial charge in [-0.3, -0.25) is 4.79 Å². The molecule has 1 heterocycles. The Balaban J connectivity index is 2.26. The molecule has 1 aliphatic heterocycles. The van der Waals surface area contributed by atoms with E-state index in [0.717, 1.165) is 12.1 Å². The van der Waals surface area contributed by atoms with Crippen LogP contribution in [0.2, 0.25) is 0 Å². The summed E-state index contributed by atoms with van der Waals surface area (Å²) in [5, 5.41) is 3.21. The number of hydrogen-bond acceptors (Lipinski definition) is 2. The van der Waals surface area contributed by atoms with Crippen molar-refractivity contribution in [2.24, 2.45) is 0 Å². The van der Waals surface area contributed by atoms with E-state index < -0.39 is 11.6 Å². The fourth-order valence-corrected chi connectivity index (χ4v) is 2.31. The molecule has 0 saturated carbocycles. The molecule has 1 aromatic carbocycles. The second-order valence-corrected chi connectivity index (χ2v) is 4.70. The lowest BCUT2D eigenvalue weighted by Gasteiger charge is -2.39. The minimum absolute atomic E-state index is 0.0364. The van der Waals surface area contributed by atoms with Gasteiger partial charge in [0.15, 0.2) is 11.6 Å². The fraction of sp³-hybridized carbons (Fsp3) is 0.462. The summed E-state index contributed by atoms with van der Waals surface area (Å²) >= 11 is 0. The lowest BCUT2D eigenvalue weighted by atomic mass is 10.1. The molecule has 1 saturated heterocycles. The molecule has 2 rings (SSSR count). The molecule has 0 aromatic heterocycles. The van der Waals surface area contributed by atoms with Crippen LogP contribution >= 0.6 is 0 Å². The van der Waals surface area contributed by atoms with Crippen LogP contribution in [0.1, 0.15) is 24.2 Å². The molecule has 1 aliphatic rings. The molecule has 2 unspecified atom stereocenters. The lowest BCUT2D eigenvalue weighted by molar-refractivity contribution is 0.0544. The van der Waals surface area contributed by atoms with Gasteiger partial charge in [-0.1, -0.05) is 0 Å². The van der Waals surface area contributed by atoms with Gasteiger partial charge in [0, 0.05) is 30.7 Å². The standard InChI is InChI=1S/C13H16F2N2O/c1-8-6-16-7-9(2)17(8)13(18)10-3-4-11(14)12(15)5-10/h3-5,8-9,16H,6-7H2,1-2H3. The van der Waals surface area contributed by atoms with Crippen LogP contribution in [0, 0.1) is 11.6 Å². The van der Waals surface area contributed by atoms with E-state index in [9.17, 15) is 13.6 Å². The van der Waals surface area contributed by atoms with E-state index in [4.69, 9.17) is 0 Å². The van der Waals surface area contributed by atoms with Gasteiger partial charge in [0.1, 0.15) is 0 Å². The van der Waals surface area contributed by atoms with E-state index in [0.29, 0.717) is 13.1 Å². The van der Waals surface area contributed by atoms with Crippen LogP contribution in [-0.2, 0) is 0 Å². The number of piperazine rings is 1. The van der Waals surface area contributed by atoms with Crippen molar-refractivity contribution >= 4 is 5.91 Å². The Labute approximate surface area is 105 Å². The highest BCUT2D eigenvalue weighted by molar-refractivity contribution is 5.94. The zero-order valence-electron chi connectivity index (χ0n) is 10.4. The number of carbonyl (C=O) groups is 1. The summed E-state index contributed by atoms with van der Waals surface area (Å²) in [4.78, 5) is 14.0. The second-order valence-electron chi connectivity index (χ2n) is 4.70. The summed E-state index contributed by atoms with van der Waals surface area (Å²) in [7, 11) is 0. The van der Waals surface area contributed by atoms with Crippen molar-refractivity contribution in [2.45, 2.75) is 25.9 Å². The number of carbonyl (C=O) groups excluding carboxylic acids is 1. The average molecular weight is 254 g/mol. The number of rotatable bonds is 1. The largest absolute Gasteiger partial charge is 0.331 e. The maximum atomic E-state index is 13.1. The number of nitrogens with zero attached hydrogens (tertiary/aromatic N) is 1. The molecular formula is C13H16F2N2O. The molecule has 1 fully saturated rings. The number of nitrogens with one attached hydrogen (secondary N) is 1. The zero-order valence-corrected chi connectivity index (χ0v) is 10.4. The van der Waals surface area contributed by atoms with Crippen LogP contribution < -0.4 is 5.32 Å². The third kappa shape index (κ3) is 2.36. The molecule has 3 nitrogen and oxygen atoms in total. The van der Waals surface area contributed by atoms with Gasteiger partial charge < -0.3 is 10.2 Å². The average Bonchev–Trinajstić information content (AvgIpc) is 2.32. The monoisotopic (exact) mass is 254 g/mol. The van der Waals surface area contributed by atoms with Crippen molar-refractivity contribution in [3.05, 3.63) is 35.4 Å². The van der Waals surface area contributed by atoms with E-state index in [2.05, 4.69) is 5.32 Å². The van der Waals surface area contributed by atoms with Crippen LogP contribution in [-0.4, -0.2) is 36.0 Å². The van der Waals surface area contributed by atoms with E-state index in [1.807, 2.05) is 13.8 Å². The number of amides is 1. The summed E-state index contributed by atoms with van der Waals surface area (Å²) in [5.41, 5.74) is 0.189. The molecule has 5 heteroatoms. The first kappa shape index (κ1) is 13.0. The molecule has 0 aliphatic carbocycles. The van der Waals surface area contributed by atoms with Crippen molar-refractivity contribution in [2.75, 3.05) is 13.1 Å². The van der Waals surface area contributed by atoms with Gasteiger partial charge in [0.2, 0.25) is 0 Å². The number of hydrogen-bond donors (Lipinski definition) is 1. The summed E-state index contributed by atoms with van der Waals surface area (Å²) in [6.07, 6.45) is 0. The lowest BCUT2D eigenvalue weighted by Crippen LogP contribution is -2.57. The van der Waals surface area contributed by atoms with Crippen LogP contribution in [0.15, 0.2) is 18.2 Å². The van der Waals surface area contributed by atoms with Gasteiger partial charge in [0.05, 0.1) is 0 Å².